The van der Waals surface area contributed by atoms with Crippen LogP contribution in [0, 0.1) is 6.92 Å². The highest BCUT2D eigenvalue weighted by atomic mass is 32.2. The van der Waals surface area contributed by atoms with Crippen molar-refractivity contribution in [1.82, 2.24) is 0 Å². The summed E-state index contributed by atoms with van der Waals surface area (Å²) < 4.78 is 11.8. The van der Waals surface area contributed by atoms with Gasteiger partial charge in [0.25, 0.3) is 0 Å². The van der Waals surface area contributed by atoms with E-state index in [1.165, 1.54) is 18.4 Å². The molecule has 1 nitrogen and oxygen atoms in total. The number of rotatable bonds is 6. The quantitative estimate of drug-likeness (QED) is 0.540. The van der Waals surface area contributed by atoms with Gasteiger partial charge < -0.3 is 0 Å². The van der Waals surface area contributed by atoms with E-state index in [-0.39, 0.29) is 0 Å². The van der Waals surface area contributed by atoms with Crippen molar-refractivity contribution in [2.45, 2.75) is 38.0 Å². The molecule has 0 heterocycles. The summed E-state index contributed by atoms with van der Waals surface area (Å²) in [6.45, 7) is 4.20. The third-order valence-corrected chi connectivity index (χ3v) is 3.57. The van der Waals surface area contributed by atoms with Gasteiger partial charge in [0.1, 0.15) is 0 Å². The summed E-state index contributed by atoms with van der Waals surface area (Å²) in [5.74, 6) is 0. The van der Waals surface area contributed by atoms with Gasteiger partial charge in [0.05, 0.1) is 10.8 Å². The Morgan fingerprint density at radius 2 is 1.88 bits per heavy atom. The first-order valence-electron chi connectivity index (χ1n) is 6.04. The highest BCUT2D eigenvalue weighted by molar-refractivity contribution is 7.88. The van der Waals surface area contributed by atoms with Crippen molar-refractivity contribution >= 4 is 10.8 Å². The summed E-state index contributed by atoms with van der Waals surface area (Å²) >= 11 is 0. The SMILES string of the molecule is CCCC/C=C\C=C\[S@@](=O)c1ccc(C)cc1. The summed E-state index contributed by atoms with van der Waals surface area (Å²) in [5.41, 5.74) is 1.19. The minimum absolute atomic E-state index is 0.855. The summed E-state index contributed by atoms with van der Waals surface area (Å²) in [5, 5.41) is 1.73. The first-order valence-corrected chi connectivity index (χ1v) is 7.26. The Bertz CT molecular complexity index is 401. The van der Waals surface area contributed by atoms with Crippen LogP contribution < -0.4 is 0 Å². The Kier molecular flexibility index (Phi) is 6.56. The molecule has 0 aliphatic rings. The van der Waals surface area contributed by atoms with E-state index in [1.807, 2.05) is 43.3 Å². The van der Waals surface area contributed by atoms with E-state index < -0.39 is 10.8 Å². The molecule has 17 heavy (non-hydrogen) atoms. The number of hydrogen-bond donors (Lipinski definition) is 0. The maximum Gasteiger partial charge on any atom is 0.0775 e. The molecular weight excluding hydrogens is 228 g/mol. The molecule has 1 aromatic rings. The van der Waals surface area contributed by atoms with Gasteiger partial charge in [-0.1, -0.05) is 55.7 Å². The molecule has 0 unspecified atom stereocenters. The minimum Gasteiger partial charge on any atom is -0.250 e. The minimum atomic E-state index is -1.03. The fourth-order valence-corrected chi connectivity index (χ4v) is 2.16. The predicted octanol–water partition coefficient (Wildman–Crippen LogP) is 4.36. The van der Waals surface area contributed by atoms with E-state index in [1.54, 1.807) is 5.41 Å². The summed E-state index contributed by atoms with van der Waals surface area (Å²) in [6, 6.07) is 7.80. The molecule has 0 N–H and O–H groups in total. The fourth-order valence-electron chi connectivity index (χ4n) is 1.36. The molecule has 0 fully saturated rings. The van der Waals surface area contributed by atoms with Gasteiger partial charge >= 0.3 is 0 Å². The summed E-state index contributed by atoms with van der Waals surface area (Å²) in [6.07, 6.45) is 9.48. The van der Waals surface area contributed by atoms with E-state index in [0.29, 0.717) is 0 Å². The maximum atomic E-state index is 11.8. The maximum absolute atomic E-state index is 11.8. The Labute approximate surface area is 107 Å². The molecule has 0 saturated heterocycles. The monoisotopic (exact) mass is 248 g/mol. The van der Waals surface area contributed by atoms with Crippen LogP contribution in [-0.2, 0) is 10.8 Å². The number of allylic oxidation sites excluding steroid dienone is 3. The molecule has 0 aliphatic carbocycles. The number of unbranched alkanes of at least 4 members (excludes halogenated alkanes) is 2. The Morgan fingerprint density at radius 1 is 1.18 bits per heavy atom. The van der Waals surface area contributed by atoms with E-state index in [0.717, 1.165) is 11.3 Å². The molecule has 2 heteroatoms. The van der Waals surface area contributed by atoms with Crippen molar-refractivity contribution in [3.8, 4) is 0 Å². The van der Waals surface area contributed by atoms with Gasteiger partial charge in [0, 0.05) is 10.3 Å². The average molecular weight is 248 g/mol. The van der Waals surface area contributed by atoms with Crippen LogP contribution >= 0.6 is 0 Å². The van der Waals surface area contributed by atoms with Crippen LogP contribution in [-0.4, -0.2) is 4.21 Å². The molecule has 0 saturated carbocycles. The van der Waals surface area contributed by atoms with E-state index >= 15 is 0 Å². The normalized spacial score (nSPS) is 13.5. The smallest absolute Gasteiger partial charge is 0.0775 e. The summed E-state index contributed by atoms with van der Waals surface area (Å²) in [7, 11) is -1.03. The van der Waals surface area contributed by atoms with Crippen LogP contribution in [0.25, 0.3) is 0 Å². The third kappa shape index (κ3) is 5.64. The van der Waals surface area contributed by atoms with Crippen LogP contribution in [0.2, 0.25) is 0 Å². The molecule has 0 aliphatic heterocycles. The second-order valence-corrected chi connectivity index (χ2v) is 5.35. The molecule has 0 amide bonds. The number of benzene rings is 1. The molecular formula is C15H20OS. The zero-order chi connectivity index (χ0) is 12.5. The van der Waals surface area contributed by atoms with Gasteiger partial charge in [-0.15, -0.1) is 0 Å². The molecule has 0 radical (unpaired) electrons. The number of hydrogen-bond acceptors (Lipinski definition) is 1. The average Bonchev–Trinajstić information content (AvgIpc) is 2.34. The van der Waals surface area contributed by atoms with Gasteiger partial charge in [0.15, 0.2) is 0 Å². The van der Waals surface area contributed by atoms with Crippen LogP contribution in [0.1, 0.15) is 31.7 Å². The molecule has 0 spiro atoms. The lowest BCUT2D eigenvalue weighted by Gasteiger charge is -1.96. The van der Waals surface area contributed by atoms with Crippen LogP contribution in [0.5, 0.6) is 0 Å². The standard InChI is InChI=1S/C15H20OS/c1-3-4-5-6-7-8-13-17(16)15-11-9-14(2)10-12-15/h6-13H,3-5H2,1-2H3/b7-6-,13-8+/t17-/m1/s1. The predicted molar refractivity (Wildman–Crippen MR) is 75.4 cm³/mol. The van der Waals surface area contributed by atoms with Crippen LogP contribution in [0.15, 0.2) is 52.8 Å². The molecule has 0 bridgehead atoms. The molecule has 1 aromatic carbocycles. The molecule has 92 valence electrons. The highest BCUT2D eigenvalue weighted by Crippen LogP contribution is 2.09. The van der Waals surface area contributed by atoms with Crippen molar-refractivity contribution in [3.63, 3.8) is 0 Å². The Hall–Kier alpha value is -1.15. The Balaban J connectivity index is 2.46. The van der Waals surface area contributed by atoms with E-state index in [2.05, 4.69) is 13.0 Å². The second kappa shape index (κ2) is 8.02. The van der Waals surface area contributed by atoms with Crippen LogP contribution in [0.4, 0.5) is 0 Å². The molecule has 1 atom stereocenters. The van der Waals surface area contributed by atoms with Gasteiger partial charge in [-0.3, -0.25) is 0 Å². The van der Waals surface area contributed by atoms with Crippen molar-refractivity contribution < 1.29 is 4.21 Å². The lowest BCUT2D eigenvalue weighted by atomic mass is 10.2. The first-order chi connectivity index (χ1) is 8.24. The lowest BCUT2D eigenvalue weighted by Crippen LogP contribution is -1.85. The van der Waals surface area contributed by atoms with Crippen molar-refractivity contribution in [1.29, 1.82) is 0 Å². The number of aryl methyl sites for hydroxylation is 1. The third-order valence-electron chi connectivity index (χ3n) is 2.43. The van der Waals surface area contributed by atoms with Gasteiger partial charge in [-0.2, -0.15) is 0 Å². The molecule has 0 aromatic heterocycles. The first kappa shape index (κ1) is 13.9. The second-order valence-electron chi connectivity index (χ2n) is 4.01. The zero-order valence-corrected chi connectivity index (χ0v) is 11.4. The largest absolute Gasteiger partial charge is 0.250 e. The lowest BCUT2D eigenvalue weighted by molar-refractivity contribution is 0.688. The van der Waals surface area contributed by atoms with E-state index in [4.69, 9.17) is 0 Å². The van der Waals surface area contributed by atoms with Crippen molar-refractivity contribution in [3.05, 3.63) is 53.5 Å². The summed E-state index contributed by atoms with van der Waals surface area (Å²) in [4.78, 5) is 0.855. The van der Waals surface area contributed by atoms with Crippen molar-refractivity contribution in [2.75, 3.05) is 0 Å². The van der Waals surface area contributed by atoms with Gasteiger partial charge in [0.2, 0.25) is 0 Å². The fraction of sp³-hybridized carbons (Fsp3) is 0.333. The van der Waals surface area contributed by atoms with Crippen molar-refractivity contribution in [2.24, 2.45) is 0 Å². The van der Waals surface area contributed by atoms with E-state index in [9.17, 15) is 4.21 Å². The zero-order valence-electron chi connectivity index (χ0n) is 10.6. The highest BCUT2D eigenvalue weighted by Gasteiger charge is 1.97. The molecule has 1 rings (SSSR count). The van der Waals surface area contributed by atoms with Crippen LogP contribution in [0.3, 0.4) is 0 Å². The van der Waals surface area contributed by atoms with Gasteiger partial charge in [-0.05, 0) is 25.5 Å². The topological polar surface area (TPSA) is 17.1 Å². The van der Waals surface area contributed by atoms with Gasteiger partial charge in [-0.25, -0.2) is 4.21 Å². The Morgan fingerprint density at radius 3 is 2.53 bits per heavy atom.